The van der Waals surface area contributed by atoms with E-state index in [4.69, 9.17) is 10.00 Å². The summed E-state index contributed by atoms with van der Waals surface area (Å²) in [5.41, 5.74) is 0.869. The Hall–Kier alpha value is -3.66. The van der Waals surface area contributed by atoms with E-state index >= 15 is 0 Å². The van der Waals surface area contributed by atoms with Gasteiger partial charge in [0.2, 0.25) is 0 Å². The summed E-state index contributed by atoms with van der Waals surface area (Å²) in [6, 6.07) is 14.1. The quantitative estimate of drug-likeness (QED) is 0.394. The number of anilines is 1. The number of carbonyl (C=O) groups is 1. The summed E-state index contributed by atoms with van der Waals surface area (Å²) >= 11 is 0. The summed E-state index contributed by atoms with van der Waals surface area (Å²) in [7, 11) is 1.54. The average Bonchev–Trinajstić information content (AvgIpc) is 2.60. The molecule has 2 aromatic rings. The lowest BCUT2D eigenvalue weighted by molar-refractivity contribution is -0.384. The second kappa shape index (κ2) is 7.56. The van der Waals surface area contributed by atoms with Crippen LogP contribution in [0.25, 0.3) is 6.08 Å². The maximum atomic E-state index is 12.1. The van der Waals surface area contributed by atoms with Crippen LogP contribution in [-0.2, 0) is 4.79 Å². The van der Waals surface area contributed by atoms with Crippen molar-refractivity contribution in [2.75, 3.05) is 12.4 Å². The number of rotatable bonds is 5. The van der Waals surface area contributed by atoms with Crippen molar-refractivity contribution in [1.82, 2.24) is 0 Å². The van der Waals surface area contributed by atoms with Crippen molar-refractivity contribution < 1.29 is 14.5 Å². The minimum absolute atomic E-state index is 0.0812. The zero-order valence-corrected chi connectivity index (χ0v) is 12.7. The highest BCUT2D eigenvalue weighted by molar-refractivity contribution is 6.09. The van der Waals surface area contributed by atoms with Crippen molar-refractivity contribution in [3.8, 4) is 11.8 Å². The van der Waals surface area contributed by atoms with Crippen LogP contribution in [0.3, 0.4) is 0 Å². The molecule has 7 nitrogen and oxygen atoms in total. The zero-order valence-electron chi connectivity index (χ0n) is 12.7. The summed E-state index contributed by atoms with van der Waals surface area (Å²) < 4.78 is 5.04. The molecule has 120 valence electrons. The Morgan fingerprint density at radius 3 is 2.33 bits per heavy atom. The fraction of sp³-hybridized carbons (Fsp3) is 0.0588. The molecule has 0 fully saturated rings. The molecule has 1 N–H and O–H groups in total. The number of methoxy groups -OCH3 is 1. The number of nitrogens with zero attached hydrogens (tertiary/aromatic N) is 2. The van der Waals surface area contributed by atoms with Gasteiger partial charge in [0.1, 0.15) is 17.4 Å². The number of hydrogen-bond donors (Lipinski definition) is 1. The minimum Gasteiger partial charge on any atom is -0.497 e. The van der Waals surface area contributed by atoms with Crippen LogP contribution in [0.2, 0.25) is 0 Å². The number of nitro benzene ring substituents is 1. The third-order valence-corrected chi connectivity index (χ3v) is 3.13. The van der Waals surface area contributed by atoms with Crippen molar-refractivity contribution in [2.45, 2.75) is 0 Å². The Morgan fingerprint density at radius 1 is 1.21 bits per heavy atom. The molecule has 7 heteroatoms. The molecule has 0 aliphatic rings. The molecule has 0 saturated heterocycles. The Labute approximate surface area is 137 Å². The van der Waals surface area contributed by atoms with E-state index in [1.54, 1.807) is 31.4 Å². The summed E-state index contributed by atoms with van der Waals surface area (Å²) in [6.07, 6.45) is 1.44. The maximum absolute atomic E-state index is 12.1. The topological polar surface area (TPSA) is 105 Å². The lowest BCUT2D eigenvalue weighted by Crippen LogP contribution is -2.13. The number of benzene rings is 2. The van der Waals surface area contributed by atoms with Gasteiger partial charge >= 0.3 is 0 Å². The van der Waals surface area contributed by atoms with Gasteiger partial charge in [-0.15, -0.1) is 0 Å². The molecule has 0 unspecified atom stereocenters. The molecule has 0 aromatic heterocycles. The Kier molecular flexibility index (Phi) is 5.26. The van der Waals surface area contributed by atoms with Gasteiger partial charge in [-0.25, -0.2) is 0 Å². The van der Waals surface area contributed by atoms with Gasteiger partial charge in [-0.1, -0.05) is 12.1 Å². The van der Waals surface area contributed by atoms with E-state index in [0.29, 0.717) is 17.0 Å². The summed E-state index contributed by atoms with van der Waals surface area (Å²) in [5.74, 6) is 0.0724. The van der Waals surface area contributed by atoms with Crippen LogP contribution < -0.4 is 10.1 Å². The first-order valence-corrected chi connectivity index (χ1v) is 6.85. The Bertz CT molecular complexity index is 818. The SMILES string of the molecule is COc1ccc(/C=C(\C#N)C(=O)Nc2ccc([N+](=O)[O-])cc2)cc1. The molecule has 0 radical (unpaired) electrons. The molecule has 0 bridgehead atoms. The molecule has 1 amide bonds. The predicted molar refractivity (Wildman–Crippen MR) is 88.3 cm³/mol. The van der Waals surface area contributed by atoms with Gasteiger partial charge in [-0.2, -0.15) is 5.26 Å². The average molecular weight is 323 g/mol. The van der Waals surface area contributed by atoms with Gasteiger partial charge in [0, 0.05) is 17.8 Å². The molecule has 0 aliphatic heterocycles. The molecular formula is C17H13N3O4. The predicted octanol–water partition coefficient (Wildman–Crippen LogP) is 3.15. The maximum Gasteiger partial charge on any atom is 0.269 e. The number of nitro groups is 1. The van der Waals surface area contributed by atoms with E-state index in [9.17, 15) is 14.9 Å². The van der Waals surface area contributed by atoms with E-state index in [1.165, 1.54) is 30.3 Å². The van der Waals surface area contributed by atoms with Crippen LogP contribution in [0.4, 0.5) is 11.4 Å². The summed E-state index contributed by atoms with van der Waals surface area (Å²) in [5, 5.41) is 22.3. The molecule has 24 heavy (non-hydrogen) atoms. The largest absolute Gasteiger partial charge is 0.497 e. The number of amides is 1. The highest BCUT2D eigenvalue weighted by Crippen LogP contribution is 2.17. The number of nitriles is 1. The molecule has 0 heterocycles. The van der Waals surface area contributed by atoms with Gasteiger partial charge in [0.05, 0.1) is 12.0 Å². The molecule has 0 spiro atoms. The van der Waals surface area contributed by atoms with Crippen molar-refractivity contribution in [2.24, 2.45) is 0 Å². The smallest absolute Gasteiger partial charge is 0.269 e. The van der Waals surface area contributed by atoms with Gasteiger partial charge in [0.15, 0.2) is 0 Å². The highest BCUT2D eigenvalue weighted by Gasteiger charge is 2.11. The van der Waals surface area contributed by atoms with Crippen LogP contribution in [-0.4, -0.2) is 17.9 Å². The molecule has 0 saturated carbocycles. The van der Waals surface area contributed by atoms with Crippen LogP contribution in [0, 0.1) is 21.4 Å². The van der Waals surface area contributed by atoms with Crippen molar-refractivity contribution >= 4 is 23.4 Å². The second-order valence-corrected chi connectivity index (χ2v) is 4.70. The monoisotopic (exact) mass is 323 g/mol. The normalized spacial score (nSPS) is 10.6. The van der Waals surface area contributed by atoms with Crippen LogP contribution in [0.15, 0.2) is 54.1 Å². The van der Waals surface area contributed by atoms with Gasteiger partial charge in [-0.05, 0) is 35.9 Å². The molecule has 2 rings (SSSR count). The number of nitrogens with one attached hydrogen (secondary N) is 1. The van der Waals surface area contributed by atoms with Crippen LogP contribution >= 0.6 is 0 Å². The molecule has 0 aliphatic carbocycles. The Balaban J connectivity index is 2.14. The fourth-order valence-electron chi connectivity index (χ4n) is 1.88. The second-order valence-electron chi connectivity index (χ2n) is 4.70. The molecule has 0 atom stereocenters. The first kappa shape index (κ1) is 16.7. The lowest BCUT2D eigenvalue weighted by atomic mass is 10.1. The van der Waals surface area contributed by atoms with Gasteiger partial charge < -0.3 is 10.1 Å². The summed E-state index contributed by atoms with van der Waals surface area (Å²) in [4.78, 5) is 22.2. The minimum atomic E-state index is -0.595. The lowest BCUT2D eigenvalue weighted by Gasteiger charge is -2.04. The number of ether oxygens (including phenoxy) is 1. The third-order valence-electron chi connectivity index (χ3n) is 3.13. The molecular weight excluding hydrogens is 310 g/mol. The zero-order chi connectivity index (χ0) is 17.5. The van der Waals surface area contributed by atoms with E-state index in [0.717, 1.165) is 0 Å². The van der Waals surface area contributed by atoms with Crippen molar-refractivity contribution in [3.63, 3.8) is 0 Å². The number of carbonyl (C=O) groups excluding carboxylic acids is 1. The Morgan fingerprint density at radius 2 is 1.83 bits per heavy atom. The van der Waals surface area contributed by atoms with E-state index in [1.807, 2.05) is 6.07 Å². The van der Waals surface area contributed by atoms with Crippen LogP contribution in [0.1, 0.15) is 5.56 Å². The third kappa shape index (κ3) is 4.18. The number of hydrogen-bond acceptors (Lipinski definition) is 5. The highest BCUT2D eigenvalue weighted by atomic mass is 16.6. The van der Waals surface area contributed by atoms with Gasteiger partial charge in [-0.3, -0.25) is 14.9 Å². The van der Waals surface area contributed by atoms with E-state index in [-0.39, 0.29) is 11.3 Å². The number of non-ortho nitro benzene ring substituents is 1. The van der Waals surface area contributed by atoms with E-state index in [2.05, 4.69) is 5.32 Å². The first-order chi connectivity index (χ1) is 11.5. The molecule has 2 aromatic carbocycles. The van der Waals surface area contributed by atoms with Crippen molar-refractivity contribution in [3.05, 3.63) is 69.8 Å². The fourth-order valence-corrected chi connectivity index (χ4v) is 1.88. The standard InChI is InChI=1S/C17H13N3O4/c1-24-16-8-2-12(3-9-16)10-13(11-18)17(21)19-14-4-6-15(7-5-14)20(22)23/h2-10H,1H3,(H,19,21)/b13-10+. The van der Waals surface area contributed by atoms with Crippen molar-refractivity contribution in [1.29, 1.82) is 5.26 Å². The first-order valence-electron chi connectivity index (χ1n) is 6.85. The van der Waals surface area contributed by atoms with Gasteiger partial charge in [0.25, 0.3) is 11.6 Å². The van der Waals surface area contributed by atoms with E-state index < -0.39 is 10.8 Å². The summed E-state index contributed by atoms with van der Waals surface area (Å²) in [6.45, 7) is 0. The van der Waals surface area contributed by atoms with Crippen LogP contribution in [0.5, 0.6) is 5.75 Å².